The Morgan fingerprint density at radius 3 is 2.48 bits per heavy atom. The Labute approximate surface area is 127 Å². The van der Waals surface area contributed by atoms with E-state index in [1.165, 1.54) is 22.8 Å². The van der Waals surface area contributed by atoms with E-state index in [9.17, 15) is 0 Å². The second-order valence-electron chi connectivity index (χ2n) is 5.62. The third kappa shape index (κ3) is 3.74. The normalized spacial score (nSPS) is 14.1. The third-order valence-electron chi connectivity index (χ3n) is 4.16. The summed E-state index contributed by atoms with van der Waals surface area (Å²) in [5.41, 5.74) is 13.5. The number of benzene rings is 2. The molecule has 0 heterocycles. The molecule has 0 amide bonds. The molecule has 0 spiro atoms. The topological polar surface area (TPSA) is 61.3 Å². The van der Waals surface area contributed by atoms with Crippen molar-refractivity contribution in [3.05, 3.63) is 42.0 Å². The van der Waals surface area contributed by atoms with Crippen LogP contribution in [0.4, 0.5) is 0 Å². The fourth-order valence-electron chi connectivity index (χ4n) is 2.80. The highest BCUT2D eigenvalue weighted by atomic mass is 16.5. The zero-order chi connectivity index (χ0) is 15.2. The number of nitrogens with two attached hydrogens (primary N) is 2. The summed E-state index contributed by atoms with van der Waals surface area (Å²) >= 11 is 0. The Hall–Kier alpha value is -1.58. The number of methoxy groups -OCH3 is 1. The van der Waals surface area contributed by atoms with Crippen molar-refractivity contribution in [1.29, 1.82) is 0 Å². The van der Waals surface area contributed by atoms with Crippen molar-refractivity contribution in [1.82, 2.24) is 0 Å². The van der Waals surface area contributed by atoms with Gasteiger partial charge in [0.25, 0.3) is 0 Å². The van der Waals surface area contributed by atoms with Gasteiger partial charge in [0.05, 0.1) is 7.11 Å². The van der Waals surface area contributed by atoms with Crippen LogP contribution in [0.1, 0.15) is 37.7 Å². The molecule has 21 heavy (non-hydrogen) atoms. The summed E-state index contributed by atoms with van der Waals surface area (Å²) in [5.74, 6) is 1.10. The summed E-state index contributed by atoms with van der Waals surface area (Å²) in [6.45, 7) is 2.78. The maximum Gasteiger partial charge on any atom is 0.119 e. The molecule has 2 unspecified atom stereocenters. The van der Waals surface area contributed by atoms with Gasteiger partial charge in [-0.25, -0.2) is 0 Å². The fourth-order valence-corrected chi connectivity index (χ4v) is 2.80. The van der Waals surface area contributed by atoms with Crippen molar-refractivity contribution in [3.63, 3.8) is 0 Å². The van der Waals surface area contributed by atoms with Crippen molar-refractivity contribution in [3.8, 4) is 5.75 Å². The molecular formula is C18H26N2O. The predicted octanol–water partition coefficient (Wildman–Crippen LogP) is 3.41. The number of hydrogen-bond acceptors (Lipinski definition) is 3. The van der Waals surface area contributed by atoms with Gasteiger partial charge in [-0.15, -0.1) is 0 Å². The van der Waals surface area contributed by atoms with Crippen LogP contribution in [0.2, 0.25) is 0 Å². The molecule has 0 aliphatic carbocycles. The van der Waals surface area contributed by atoms with Crippen molar-refractivity contribution in [2.45, 2.75) is 38.1 Å². The Morgan fingerprint density at radius 1 is 1.10 bits per heavy atom. The first-order chi connectivity index (χ1) is 10.2. The minimum atomic E-state index is 0.130. The van der Waals surface area contributed by atoms with Crippen LogP contribution in [0.15, 0.2) is 36.4 Å². The highest BCUT2D eigenvalue weighted by Gasteiger charge is 2.18. The highest BCUT2D eigenvalue weighted by molar-refractivity contribution is 5.84. The Kier molecular flexibility index (Phi) is 5.59. The van der Waals surface area contributed by atoms with Gasteiger partial charge >= 0.3 is 0 Å². The van der Waals surface area contributed by atoms with E-state index in [1.54, 1.807) is 7.11 Å². The van der Waals surface area contributed by atoms with Gasteiger partial charge in [0.15, 0.2) is 0 Å². The minimum Gasteiger partial charge on any atom is -0.497 e. The van der Waals surface area contributed by atoms with Crippen LogP contribution >= 0.6 is 0 Å². The summed E-state index contributed by atoms with van der Waals surface area (Å²) in [7, 11) is 1.69. The monoisotopic (exact) mass is 286 g/mol. The average molecular weight is 286 g/mol. The Bertz CT molecular complexity index is 582. The molecular weight excluding hydrogens is 260 g/mol. The fraction of sp³-hybridized carbons (Fsp3) is 0.444. The Balaban J connectivity index is 2.27. The van der Waals surface area contributed by atoms with E-state index < -0.39 is 0 Å². The van der Waals surface area contributed by atoms with E-state index in [0.717, 1.165) is 18.6 Å². The lowest BCUT2D eigenvalue weighted by Crippen LogP contribution is -2.33. The van der Waals surface area contributed by atoms with E-state index in [0.29, 0.717) is 6.54 Å². The van der Waals surface area contributed by atoms with Crippen molar-refractivity contribution in [2.24, 2.45) is 11.5 Å². The van der Waals surface area contributed by atoms with Gasteiger partial charge < -0.3 is 16.2 Å². The molecule has 2 atom stereocenters. The molecule has 0 aliphatic rings. The third-order valence-corrected chi connectivity index (χ3v) is 4.16. The summed E-state index contributed by atoms with van der Waals surface area (Å²) in [4.78, 5) is 0. The first-order valence-corrected chi connectivity index (χ1v) is 7.73. The van der Waals surface area contributed by atoms with E-state index in [1.807, 2.05) is 12.1 Å². The maximum absolute atomic E-state index is 6.34. The quantitative estimate of drug-likeness (QED) is 0.820. The lowest BCUT2D eigenvalue weighted by atomic mass is 9.88. The van der Waals surface area contributed by atoms with Gasteiger partial charge in [-0.1, -0.05) is 44.0 Å². The van der Waals surface area contributed by atoms with Crippen LogP contribution in [0.5, 0.6) is 5.75 Å². The molecule has 0 saturated carbocycles. The molecule has 114 valence electrons. The van der Waals surface area contributed by atoms with Gasteiger partial charge in [0, 0.05) is 18.5 Å². The molecule has 0 aliphatic heterocycles. The summed E-state index contributed by atoms with van der Waals surface area (Å²) in [6.07, 6.45) is 3.35. The summed E-state index contributed by atoms with van der Waals surface area (Å²) in [6, 6.07) is 12.7. The summed E-state index contributed by atoms with van der Waals surface area (Å²) in [5, 5.41) is 2.38. The molecule has 3 nitrogen and oxygen atoms in total. The smallest absolute Gasteiger partial charge is 0.119 e. The molecule has 3 heteroatoms. The lowest BCUT2D eigenvalue weighted by molar-refractivity contribution is 0.415. The number of hydrogen-bond donors (Lipinski definition) is 2. The SMILES string of the molecule is CCCCC(N)C(CN)c1ccc2cc(OC)ccc2c1. The van der Waals surface area contributed by atoms with E-state index >= 15 is 0 Å². The van der Waals surface area contributed by atoms with Crippen LogP contribution < -0.4 is 16.2 Å². The van der Waals surface area contributed by atoms with Gasteiger partial charge in [0.2, 0.25) is 0 Å². The van der Waals surface area contributed by atoms with E-state index in [2.05, 4.69) is 31.2 Å². The van der Waals surface area contributed by atoms with E-state index in [4.69, 9.17) is 16.2 Å². The highest BCUT2D eigenvalue weighted by Crippen LogP contribution is 2.27. The number of fused-ring (bicyclic) bond motifs is 1. The molecule has 0 aromatic heterocycles. The zero-order valence-corrected chi connectivity index (χ0v) is 13.0. The number of ether oxygens (including phenoxy) is 1. The Morgan fingerprint density at radius 2 is 1.81 bits per heavy atom. The number of unbranched alkanes of at least 4 members (excludes halogenated alkanes) is 1. The molecule has 2 aromatic rings. The first kappa shape index (κ1) is 15.8. The zero-order valence-electron chi connectivity index (χ0n) is 13.0. The molecule has 2 aromatic carbocycles. The van der Waals surface area contributed by atoms with Gasteiger partial charge in [0.1, 0.15) is 5.75 Å². The molecule has 2 rings (SSSR count). The second-order valence-corrected chi connectivity index (χ2v) is 5.62. The minimum absolute atomic E-state index is 0.130. The van der Waals surface area contributed by atoms with Crippen LogP contribution in [-0.4, -0.2) is 19.7 Å². The predicted molar refractivity (Wildman–Crippen MR) is 89.8 cm³/mol. The van der Waals surface area contributed by atoms with Crippen LogP contribution in [0, 0.1) is 0 Å². The van der Waals surface area contributed by atoms with Gasteiger partial charge in [-0.2, -0.15) is 0 Å². The standard InChI is InChI=1S/C18H26N2O/c1-3-4-5-18(20)17(12-19)15-7-6-14-11-16(21-2)9-8-13(14)10-15/h6-11,17-18H,3-5,12,19-20H2,1-2H3. The van der Waals surface area contributed by atoms with Crippen molar-refractivity contribution >= 4 is 10.8 Å². The molecule has 0 bridgehead atoms. The van der Waals surface area contributed by atoms with Gasteiger partial charge in [-0.05, 0) is 34.9 Å². The van der Waals surface area contributed by atoms with Crippen molar-refractivity contribution in [2.75, 3.05) is 13.7 Å². The van der Waals surface area contributed by atoms with Crippen LogP contribution in [-0.2, 0) is 0 Å². The lowest BCUT2D eigenvalue weighted by Gasteiger charge is -2.23. The first-order valence-electron chi connectivity index (χ1n) is 7.73. The summed E-state index contributed by atoms with van der Waals surface area (Å²) < 4.78 is 5.26. The largest absolute Gasteiger partial charge is 0.497 e. The van der Waals surface area contributed by atoms with E-state index in [-0.39, 0.29) is 12.0 Å². The molecule has 4 N–H and O–H groups in total. The van der Waals surface area contributed by atoms with Crippen molar-refractivity contribution < 1.29 is 4.74 Å². The second kappa shape index (κ2) is 7.43. The van der Waals surface area contributed by atoms with Gasteiger partial charge in [-0.3, -0.25) is 0 Å². The molecule has 0 radical (unpaired) electrons. The average Bonchev–Trinajstić information content (AvgIpc) is 2.53. The molecule has 0 fully saturated rings. The molecule has 0 saturated heterocycles. The maximum atomic E-state index is 6.34. The van der Waals surface area contributed by atoms with Crippen LogP contribution in [0.25, 0.3) is 10.8 Å². The number of rotatable bonds is 7. The van der Waals surface area contributed by atoms with Crippen LogP contribution in [0.3, 0.4) is 0 Å².